The topological polar surface area (TPSA) is 161 Å². The third kappa shape index (κ3) is 11.4. The summed E-state index contributed by atoms with van der Waals surface area (Å²) in [6.45, 7) is 6.00. The first-order chi connectivity index (χ1) is 25.0. The molecular formula is C39H47Br2N5O6. The fourth-order valence-electron chi connectivity index (χ4n) is 5.81. The highest BCUT2D eigenvalue weighted by Crippen LogP contribution is 2.35. The normalized spacial score (nSPS) is 11.0. The molecule has 4 rings (SSSR count). The van der Waals surface area contributed by atoms with E-state index in [1.165, 1.54) is 0 Å². The van der Waals surface area contributed by atoms with Gasteiger partial charge in [-0.2, -0.15) is 9.97 Å². The molecule has 0 unspecified atom stereocenters. The van der Waals surface area contributed by atoms with Crippen molar-refractivity contribution in [1.82, 2.24) is 15.3 Å². The van der Waals surface area contributed by atoms with Gasteiger partial charge in [0.15, 0.2) is 0 Å². The van der Waals surface area contributed by atoms with Crippen LogP contribution in [0.5, 0.6) is 23.5 Å². The van der Waals surface area contributed by atoms with Gasteiger partial charge in [0.25, 0.3) is 0 Å². The summed E-state index contributed by atoms with van der Waals surface area (Å²) in [5.41, 5.74) is 18.8. The number of halogens is 2. The second-order valence-corrected chi connectivity index (χ2v) is 14.1. The Morgan fingerprint density at radius 1 is 0.673 bits per heavy atom. The van der Waals surface area contributed by atoms with Crippen LogP contribution in [0.2, 0.25) is 0 Å². The summed E-state index contributed by atoms with van der Waals surface area (Å²) in [5, 5.41) is 3.29. The van der Waals surface area contributed by atoms with Crippen LogP contribution >= 0.6 is 31.9 Å². The molecule has 0 aliphatic rings. The van der Waals surface area contributed by atoms with Gasteiger partial charge in [0.05, 0.1) is 23.2 Å². The molecule has 4 aromatic rings. The third-order valence-corrected chi connectivity index (χ3v) is 9.86. The van der Waals surface area contributed by atoms with E-state index < -0.39 is 0 Å². The maximum absolute atomic E-state index is 11.0. The highest BCUT2D eigenvalue weighted by Gasteiger charge is 2.17. The lowest BCUT2D eigenvalue weighted by Crippen LogP contribution is -2.18. The summed E-state index contributed by atoms with van der Waals surface area (Å²) in [6, 6.07) is 16.3. The van der Waals surface area contributed by atoms with Gasteiger partial charge in [-0.1, -0.05) is 42.8 Å². The van der Waals surface area contributed by atoms with Gasteiger partial charge in [-0.3, -0.25) is 9.59 Å². The number of carbonyl (C=O) groups excluding carboxylic acids is 2. The number of aryl methyl sites for hydroxylation is 1. The smallest absolute Gasteiger partial charge is 0.231 e. The SMILES string of the molecule is COc1nc(OCc2cccc(-c3cccc(COc4nc(OC)c(CNCCCC(N)=O)cc4Br)c3C)c2C)c(Br)cc1CCCCCC(N)=O. The molecule has 0 fully saturated rings. The molecule has 0 saturated heterocycles. The minimum atomic E-state index is -0.311. The number of primary amides is 2. The Balaban J connectivity index is 1.43. The van der Waals surface area contributed by atoms with Crippen molar-refractivity contribution in [2.24, 2.45) is 11.5 Å². The van der Waals surface area contributed by atoms with E-state index in [2.05, 4.69) is 85.3 Å². The molecule has 278 valence electrons. The average Bonchev–Trinajstić information content (AvgIpc) is 3.11. The van der Waals surface area contributed by atoms with E-state index in [1.54, 1.807) is 14.2 Å². The van der Waals surface area contributed by atoms with Crippen LogP contribution in [-0.4, -0.2) is 42.5 Å². The van der Waals surface area contributed by atoms with Crippen LogP contribution in [-0.2, 0) is 35.8 Å². The number of nitrogens with one attached hydrogen (secondary N) is 1. The number of aromatic nitrogens is 2. The Bertz CT molecular complexity index is 1720. The van der Waals surface area contributed by atoms with Gasteiger partial charge >= 0.3 is 0 Å². The van der Waals surface area contributed by atoms with Crippen LogP contribution in [0.1, 0.15) is 71.9 Å². The number of nitrogens with two attached hydrogens (primary N) is 2. The van der Waals surface area contributed by atoms with Crippen molar-refractivity contribution < 1.29 is 28.5 Å². The Kier molecular flexibility index (Phi) is 15.7. The van der Waals surface area contributed by atoms with Gasteiger partial charge in [-0.05, 0) is 123 Å². The van der Waals surface area contributed by atoms with Gasteiger partial charge in [0, 0.05) is 30.5 Å². The van der Waals surface area contributed by atoms with Crippen LogP contribution in [0.25, 0.3) is 11.1 Å². The van der Waals surface area contributed by atoms with Crippen LogP contribution < -0.4 is 35.7 Å². The first-order valence-corrected chi connectivity index (χ1v) is 18.8. The molecule has 5 N–H and O–H groups in total. The van der Waals surface area contributed by atoms with E-state index in [9.17, 15) is 9.59 Å². The number of hydrogen-bond donors (Lipinski definition) is 3. The van der Waals surface area contributed by atoms with E-state index in [4.69, 9.17) is 30.4 Å². The molecule has 2 aromatic carbocycles. The number of carbonyl (C=O) groups is 2. The fraction of sp³-hybridized carbons (Fsp3) is 0.385. The maximum Gasteiger partial charge on any atom is 0.231 e. The molecule has 0 saturated carbocycles. The summed E-state index contributed by atoms with van der Waals surface area (Å²) >= 11 is 7.24. The molecule has 11 nitrogen and oxygen atoms in total. The third-order valence-electron chi connectivity index (χ3n) is 8.73. The molecule has 0 aliphatic heterocycles. The van der Waals surface area contributed by atoms with Gasteiger partial charge in [0.1, 0.15) is 13.2 Å². The number of methoxy groups -OCH3 is 2. The van der Waals surface area contributed by atoms with E-state index in [1.807, 2.05) is 24.3 Å². The fourth-order valence-corrected chi connectivity index (χ4v) is 6.77. The number of benzene rings is 2. The van der Waals surface area contributed by atoms with Crippen molar-refractivity contribution in [3.63, 3.8) is 0 Å². The van der Waals surface area contributed by atoms with Gasteiger partial charge in [0.2, 0.25) is 35.3 Å². The number of rotatable bonds is 21. The number of pyridine rings is 2. The Labute approximate surface area is 322 Å². The number of unbranched alkanes of at least 4 members (excludes halogenated alkanes) is 2. The molecule has 0 bridgehead atoms. The van der Waals surface area contributed by atoms with Crippen molar-refractivity contribution in [2.75, 3.05) is 20.8 Å². The number of ether oxygens (including phenoxy) is 4. The molecule has 13 heteroatoms. The molecular weight excluding hydrogens is 794 g/mol. The van der Waals surface area contributed by atoms with E-state index in [0.29, 0.717) is 73.6 Å². The van der Waals surface area contributed by atoms with E-state index in [0.717, 1.165) is 74.7 Å². The summed E-state index contributed by atoms with van der Waals surface area (Å²) in [6.07, 6.45) is 4.73. The highest BCUT2D eigenvalue weighted by atomic mass is 79.9. The molecule has 0 aliphatic carbocycles. The Morgan fingerprint density at radius 3 is 1.69 bits per heavy atom. The predicted octanol–water partition coefficient (Wildman–Crippen LogP) is 7.40. The average molecular weight is 842 g/mol. The van der Waals surface area contributed by atoms with Gasteiger partial charge in [-0.15, -0.1) is 0 Å². The molecule has 2 aromatic heterocycles. The van der Waals surface area contributed by atoms with Crippen molar-refractivity contribution in [3.8, 4) is 34.6 Å². The zero-order chi connectivity index (χ0) is 37.6. The standard InChI is InChI=1S/C39H47Br2N5O6/c1-24-27(22-51-38-32(40)19-26(36(45-38)49-3)11-6-5-7-16-34(42)47)12-8-14-30(24)31-15-9-13-28(25(31)2)23-52-39-33(41)20-29(37(46-39)50-4)21-44-18-10-17-35(43)48/h8-9,12-15,19-20,44H,5-7,10-11,16-18,21-23H2,1-4H3,(H2,42,47)(H2,43,48). The van der Waals surface area contributed by atoms with Gasteiger partial charge in [-0.25, -0.2) is 0 Å². The highest BCUT2D eigenvalue weighted by molar-refractivity contribution is 9.10. The molecule has 2 amide bonds. The van der Waals surface area contributed by atoms with Crippen LogP contribution in [0.3, 0.4) is 0 Å². The summed E-state index contributed by atoms with van der Waals surface area (Å²) in [4.78, 5) is 31.3. The van der Waals surface area contributed by atoms with Crippen LogP contribution in [0.15, 0.2) is 57.5 Å². The number of nitrogens with zero attached hydrogens (tertiary/aromatic N) is 2. The summed E-state index contributed by atoms with van der Waals surface area (Å²) in [7, 11) is 3.18. The molecule has 0 atom stereocenters. The lowest BCUT2D eigenvalue weighted by molar-refractivity contribution is -0.118. The number of amides is 2. The monoisotopic (exact) mass is 839 g/mol. The minimum absolute atomic E-state index is 0.272. The first kappa shape index (κ1) is 40.6. The predicted molar refractivity (Wildman–Crippen MR) is 208 cm³/mol. The van der Waals surface area contributed by atoms with Crippen LogP contribution in [0.4, 0.5) is 0 Å². The summed E-state index contributed by atoms with van der Waals surface area (Å²) in [5.74, 6) is 1.29. The number of hydrogen-bond acceptors (Lipinski definition) is 9. The molecule has 0 radical (unpaired) electrons. The van der Waals surface area contributed by atoms with E-state index in [-0.39, 0.29) is 11.8 Å². The second-order valence-electron chi connectivity index (χ2n) is 12.4. The molecule has 2 heterocycles. The van der Waals surface area contributed by atoms with Crippen LogP contribution in [0, 0.1) is 13.8 Å². The molecule has 52 heavy (non-hydrogen) atoms. The lowest BCUT2D eigenvalue weighted by atomic mass is 9.92. The van der Waals surface area contributed by atoms with E-state index >= 15 is 0 Å². The van der Waals surface area contributed by atoms with Crippen molar-refractivity contribution >= 4 is 43.7 Å². The zero-order valence-electron chi connectivity index (χ0n) is 30.2. The van der Waals surface area contributed by atoms with Gasteiger partial charge < -0.3 is 35.7 Å². The summed E-state index contributed by atoms with van der Waals surface area (Å²) < 4.78 is 25.0. The first-order valence-electron chi connectivity index (χ1n) is 17.2. The molecule has 0 spiro atoms. The Morgan fingerprint density at radius 2 is 1.17 bits per heavy atom. The Hall–Kier alpha value is -4.20. The quantitative estimate of drug-likeness (QED) is 0.0727. The lowest BCUT2D eigenvalue weighted by Gasteiger charge is -2.18. The second kappa shape index (κ2) is 20.1. The van der Waals surface area contributed by atoms with Crippen molar-refractivity contribution in [1.29, 1.82) is 0 Å². The maximum atomic E-state index is 11.0. The zero-order valence-corrected chi connectivity index (χ0v) is 33.3. The largest absolute Gasteiger partial charge is 0.481 e. The minimum Gasteiger partial charge on any atom is -0.481 e. The van der Waals surface area contributed by atoms with Crippen molar-refractivity contribution in [3.05, 3.63) is 90.9 Å². The van der Waals surface area contributed by atoms with Crippen molar-refractivity contribution in [2.45, 2.75) is 78.6 Å².